The number of rotatable bonds is 8. The van der Waals surface area contributed by atoms with E-state index < -0.39 is 10.0 Å². The van der Waals surface area contributed by atoms with E-state index in [0.717, 1.165) is 11.1 Å². The van der Waals surface area contributed by atoms with Crippen molar-refractivity contribution in [2.75, 3.05) is 17.2 Å². The number of primary sulfonamides is 1. The van der Waals surface area contributed by atoms with Crippen molar-refractivity contribution in [3.63, 3.8) is 0 Å². The molecule has 0 aliphatic carbocycles. The molecule has 0 bridgehead atoms. The van der Waals surface area contributed by atoms with Crippen LogP contribution in [0.25, 0.3) is 0 Å². The van der Waals surface area contributed by atoms with Crippen molar-refractivity contribution >= 4 is 21.8 Å². The largest absolute Gasteiger partial charge is 0.368 e. The van der Waals surface area contributed by atoms with Gasteiger partial charge in [-0.1, -0.05) is 18.2 Å². The molecule has 3 rings (SSSR count). The van der Waals surface area contributed by atoms with Gasteiger partial charge in [0.25, 0.3) is 0 Å². The van der Waals surface area contributed by atoms with Crippen LogP contribution in [0.3, 0.4) is 0 Å². The molecule has 0 saturated carbocycles. The predicted molar refractivity (Wildman–Crippen MR) is 101 cm³/mol. The van der Waals surface area contributed by atoms with E-state index in [1.165, 1.54) is 12.1 Å². The summed E-state index contributed by atoms with van der Waals surface area (Å²) in [6.45, 7) is 1.16. The molecule has 3 aromatic rings. The molecule has 0 amide bonds. The quantitative estimate of drug-likeness (QED) is 0.526. The summed E-state index contributed by atoms with van der Waals surface area (Å²) in [6.07, 6.45) is 5.71. The maximum atomic E-state index is 11.3. The van der Waals surface area contributed by atoms with Crippen LogP contribution in [0.15, 0.2) is 59.9 Å². The minimum Gasteiger partial charge on any atom is -0.368 e. The Morgan fingerprint density at radius 3 is 2.52 bits per heavy atom. The lowest BCUT2D eigenvalue weighted by molar-refractivity contribution is 0.598. The van der Waals surface area contributed by atoms with Crippen LogP contribution >= 0.6 is 0 Å². The SMILES string of the molecule is NS(=O)(=O)c1ccc(CCNc2cnnc(NCc3cccnc3)n2)cc1. The number of hydrogen-bond acceptors (Lipinski definition) is 8. The molecule has 0 spiro atoms. The van der Waals surface area contributed by atoms with Gasteiger partial charge in [-0.3, -0.25) is 4.98 Å². The molecule has 27 heavy (non-hydrogen) atoms. The van der Waals surface area contributed by atoms with Gasteiger partial charge in [-0.25, -0.2) is 13.6 Å². The Bertz CT molecular complexity index is 980. The first kappa shape index (κ1) is 18.7. The van der Waals surface area contributed by atoms with E-state index in [1.54, 1.807) is 30.7 Å². The zero-order valence-corrected chi connectivity index (χ0v) is 15.2. The average molecular weight is 385 g/mol. The Hall–Kier alpha value is -3.11. The predicted octanol–water partition coefficient (Wildman–Crippen LogP) is 1.18. The Morgan fingerprint density at radius 1 is 1.00 bits per heavy atom. The van der Waals surface area contributed by atoms with Gasteiger partial charge < -0.3 is 10.6 Å². The first-order chi connectivity index (χ1) is 13.0. The average Bonchev–Trinajstić information content (AvgIpc) is 2.67. The van der Waals surface area contributed by atoms with Crippen molar-refractivity contribution in [2.24, 2.45) is 5.14 Å². The number of anilines is 2. The van der Waals surface area contributed by atoms with E-state index in [0.29, 0.717) is 31.3 Å². The number of pyridine rings is 1. The molecular weight excluding hydrogens is 366 g/mol. The van der Waals surface area contributed by atoms with Gasteiger partial charge in [0.15, 0.2) is 5.82 Å². The summed E-state index contributed by atoms with van der Waals surface area (Å²) in [7, 11) is -3.67. The summed E-state index contributed by atoms with van der Waals surface area (Å²) in [6, 6.07) is 10.3. The van der Waals surface area contributed by atoms with Gasteiger partial charge >= 0.3 is 0 Å². The van der Waals surface area contributed by atoms with E-state index in [9.17, 15) is 8.42 Å². The monoisotopic (exact) mass is 385 g/mol. The fourth-order valence-electron chi connectivity index (χ4n) is 2.33. The molecule has 140 valence electrons. The number of sulfonamides is 1. The van der Waals surface area contributed by atoms with Crippen LogP contribution in [-0.4, -0.2) is 35.1 Å². The number of nitrogens with zero attached hydrogens (tertiary/aromatic N) is 4. The van der Waals surface area contributed by atoms with Gasteiger partial charge in [0, 0.05) is 25.5 Å². The molecule has 0 atom stereocenters. The first-order valence-electron chi connectivity index (χ1n) is 8.19. The van der Waals surface area contributed by atoms with Crippen LogP contribution in [0, 0.1) is 0 Å². The molecule has 0 fully saturated rings. The van der Waals surface area contributed by atoms with Gasteiger partial charge in [-0.05, 0) is 35.7 Å². The fourth-order valence-corrected chi connectivity index (χ4v) is 2.84. The molecule has 4 N–H and O–H groups in total. The molecule has 2 aromatic heterocycles. The summed E-state index contributed by atoms with van der Waals surface area (Å²) in [4.78, 5) is 8.51. The lowest BCUT2D eigenvalue weighted by atomic mass is 10.1. The third-order valence-electron chi connectivity index (χ3n) is 3.70. The summed E-state index contributed by atoms with van der Waals surface area (Å²) >= 11 is 0. The zero-order chi connectivity index (χ0) is 19.1. The smallest absolute Gasteiger partial charge is 0.244 e. The number of aromatic nitrogens is 4. The van der Waals surface area contributed by atoms with Gasteiger partial charge in [0.05, 0.1) is 11.1 Å². The molecule has 0 aliphatic rings. The summed E-state index contributed by atoms with van der Waals surface area (Å²) < 4.78 is 22.5. The zero-order valence-electron chi connectivity index (χ0n) is 14.4. The Balaban J connectivity index is 1.51. The van der Waals surface area contributed by atoms with Crippen LogP contribution in [0.2, 0.25) is 0 Å². The maximum Gasteiger partial charge on any atom is 0.244 e. The van der Waals surface area contributed by atoms with Crippen molar-refractivity contribution in [1.82, 2.24) is 20.2 Å². The molecule has 0 saturated heterocycles. The van der Waals surface area contributed by atoms with Crippen LogP contribution in [0.4, 0.5) is 11.8 Å². The van der Waals surface area contributed by atoms with Gasteiger partial charge in [0.2, 0.25) is 16.0 Å². The highest BCUT2D eigenvalue weighted by Gasteiger charge is 2.06. The highest BCUT2D eigenvalue weighted by atomic mass is 32.2. The van der Waals surface area contributed by atoms with Crippen LogP contribution in [0.5, 0.6) is 0 Å². The van der Waals surface area contributed by atoms with Gasteiger partial charge in [-0.15, -0.1) is 5.10 Å². The van der Waals surface area contributed by atoms with Gasteiger partial charge in [-0.2, -0.15) is 10.1 Å². The van der Waals surface area contributed by atoms with Crippen LogP contribution in [0.1, 0.15) is 11.1 Å². The van der Waals surface area contributed by atoms with E-state index in [2.05, 4.69) is 30.8 Å². The highest BCUT2D eigenvalue weighted by Crippen LogP contribution is 2.10. The molecule has 10 heteroatoms. The first-order valence-corrected chi connectivity index (χ1v) is 9.73. The molecule has 0 unspecified atom stereocenters. The number of nitrogens with one attached hydrogen (secondary N) is 2. The topological polar surface area (TPSA) is 136 Å². The normalized spacial score (nSPS) is 11.1. The highest BCUT2D eigenvalue weighted by molar-refractivity contribution is 7.89. The second-order valence-corrected chi connectivity index (χ2v) is 7.31. The van der Waals surface area contributed by atoms with Gasteiger partial charge in [0.1, 0.15) is 0 Å². The Morgan fingerprint density at radius 2 is 1.81 bits per heavy atom. The Kier molecular flexibility index (Phi) is 5.89. The maximum absolute atomic E-state index is 11.3. The molecular formula is C17H19N7O2S. The number of benzene rings is 1. The minimum absolute atomic E-state index is 0.101. The molecule has 1 aromatic carbocycles. The summed E-state index contributed by atoms with van der Waals surface area (Å²) in [5.74, 6) is 1.02. The second-order valence-electron chi connectivity index (χ2n) is 5.75. The van der Waals surface area contributed by atoms with E-state index in [4.69, 9.17) is 5.14 Å². The second kappa shape index (κ2) is 8.52. The van der Waals surface area contributed by atoms with E-state index in [-0.39, 0.29) is 4.90 Å². The fraction of sp³-hybridized carbons (Fsp3) is 0.176. The third-order valence-corrected chi connectivity index (χ3v) is 4.63. The van der Waals surface area contributed by atoms with E-state index >= 15 is 0 Å². The van der Waals surface area contributed by atoms with Crippen LogP contribution in [-0.2, 0) is 23.0 Å². The van der Waals surface area contributed by atoms with E-state index in [1.807, 2.05) is 12.1 Å². The number of nitrogens with two attached hydrogens (primary N) is 1. The molecule has 9 nitrogen and oxygen atoms in total. The summed E-state index contributed by atoms with van der Waals surface area (Å²) in [5.41, 5.74) is 1.99. The molecule has 0 aliphatic heterocycles. The number of hydrogen-bond donors (Lipinski definition) is 3. The third kappa shape index (κ3) is 5.69. The lowest BCUT2D eigenvalue weighted by Gasteiger charge is -2.08. The minimum atomic E-state index is -3.67. The van der Waals surface area contributed by atoms with Crippen molar-refractivity contribution in [1.29, 1.82) is 0 Å². The van der Waals surface area contributed by atoms with Crippen molar-refractivity contribution in [2.45, 2.75) is 17.9 Å². The molecule has 0 radical (unpaired) electrons. The standard InChI is InChI=1S/C17H19N7O2S/c18-27(25,26)15-5-3-13(4-6-15)7-9-20-16-12-22-24-17(23-16)21-11-14-2-1-8-19-10-14/h1-6,8,10,12H,7,9,11H2,(H2,18,25,26)(H2,20,21,23,24). The summed E-state index contributed by atoms with van der Waals surface area (Å²) in [5, 5.41) is 19.2. The van der Waals surface area contributed by atoms with Crippen molar-refractivity contribution in [3.05, 3.63) is 66.1 Å². The lowest BCUT2D eigenvalue weighted by Crippen LogP contribution is -2.12. The van der Waals surface area contributed by atoms with Crippen molar-refractivity contribution < 1.29 is 8.42 Å². The van der Waals surface area contributed by atoms with Crippen molar-refractivity contribution in [3.8, 4) is 0 Å². The Labute approximate surface area is 157 Å². The molecule has 2 heterocycles. The van der Waals surface area contributed by atoms with Crippen LogP contribution < -0.4 is 15.8 Å².